The van der Waals surface area contributed by atoms with Gasteiger partial charge in [-0.25, -0.2) is 15.0 Å². The third-order valence-electron chi connectivity index (χ3n) is 7.00. The molecule has 0 radical (unpaired) electrons. The Morgan fingerprint density at radius 2 is 2.03 bits per heavy atom. The van der Waals surface area contributed by atoms with E-state index < -0.39 is 0 Å². The van der Waals surface area contributed by atoms with Crippen molar-refractivity contribution in [1.82, 2.24) is 24.9 Å². The zero-order valence-corrected chi connectivity index (χ0v) is 23.0. The Morgan fingerprint density at radius 1 is 1.13 bits per heavy atom. The summed E-state index contributed by atoms with van der Waals surface area (Å²) in [5.74, 6) is 1.75. The minimum absolute atomic E-state index is 0.0246. The van der Waals surface area contributed by atoms with Crippen LogP contribution in [0.4, 0.5) is 16.9 Å². The second-order valence-corrected chi connectivity index (χ2v) is 11.7. The van der Waals surface area contributed by atoms with E-state index in [1.54, 1.807) is 24.6 Å². The average molecular weight is 551 g/mol. The highest BCUT2D eigenvalue weighted by atomic mass is 32.1. The molecule has 0 aromatic carbocycles. The zero-order valence-electron chi connectivity index (χ0n) is 21.4. The lowest BCUT2D eigenvalue weighted by molar-refractivity contribution is -0.119. The Labute approximate surface area is 228 Å². The number of carbonyl (C=O) groups is 1. The molecule has 1 amide bonds. The van der Waals surface area contributed by atoms with Gasteiger partial charge in [-0.05, 0) is 45.1 Å². The second kappa shape index (κ2) is 10.9. The molecule has 4 aromatic rings. The molecule has 12 heteroatoms. The molecule has 2 aliphatic rings. The first-order valence-electron chi connectivity index (χ1n) is 12.9. The lowest BCUT2D eigenvalue weighted by atomic mass is 10.1. The fourth-order valence-corrected chi connectivity index (χ4v) is 6.55. The summed E-state index contributed by atoms with van der Waals surface area (Å²) in [6.07, 6.45) is 8.34. The molecular formula is C26H30N8O2S2. The smallest absolute Gasteiger partial charge is 0.229 e. The Balaban J connectivity index is 1.28. The van der Waals surface area contributed by atoms with Gasteiger partial charge in [-0.1, -0.05) is 0 Å². The lowest BCUT2D eigenvalue weighted by Gasteiger charge is -2.18. The predicted molar refractivity (Wildman–Crippen MR) is 151 cm³/mol. The van der Waals surface area contributed by atoms with Crippen molar-refractivity contribution in [3.63, 3.8) is 0 Å². The number of ether oxygens (including phenoxy) is 1. The van der Waals surface area contributed by atoms with Gasteiger partial charge in [-0.15, -0.1) is 22.7 Å². The zero-order chi connectivity index (χ0) is 26.1. The number of nitrogens with one attached hydrogen (secondary N) is 3. The van der Waals surface area contributed by atoms with E-state index in [9.17, 15) is 4.79 Å². The Kier molecular flexibility index (Phi) is 7.18. The van der Waals surface area contributed by atoms with Crippen molar-refractivity contribution >= 4 is 55.7 Å². The first kappa shape index (κ1) is 25.1. The van der Waals surface area contributed by atoms with Gasteiger partial charge in [0.15, 0.2) is 5.13 Å². The van der Waals surface area contributed by atoms with Crippen LogP contribution in [0.15, 0.2) is 23.8 Å². The Hall–Kier alpha value is -3.22. The van der Waals surface area contributed by atoms with Gasteiger partial charge in [0, 0.05) is 49.3 Å². The molecule has 0 bridgehead atoms. The number of fused-ring (bicyclic) bond motifs is 1. The van der Waals surface area contributed by atoms with Gasteiger partial charge < -0.3 is 20.7 Å². The molecule has 2 fully saturated rings. The van der Waals surface area contributed by atoms with Crippen LogP contribution in [0.5, 0.6) is 0 Å². The maximum Gasteiger partial charge on any atom is 0.229 e. The van der Waals surface area contributed by atoms with E-state index in [0.29, 0.717) is 30.1 Å². The van der Waals surface area contributed by atoms with Gasteiger partial charge in [0.25, 0.3) is 0 Å². The van der Waals surface area contributed by atoms with Gasteiger partial charge in [0.1, 0.15) is 16.3 Å². The van der Waals surface area contributed by atoms with Crippen LogP contribution < -0.4 is 16.0 Å². The van der Waals surface area contributed by atoms with Crippen LogP contribution in [-0.2, 0) is 9.53 Å². The number of aromatic nitrogens is 5. The number of carbonyl (C=O) groups excluding carboxylic acids is 1. The van der Waals surface area contributed by atoms with Crippen LogP contribution in [0, 0.1) is 12.8 Å². The largest absolute Gasteiger partial charge is 0.383 e. The molecule has 4 aromatic heterocycles. The van der Waals surface area contributed by atoms with Gasteiger partial charge in [-0.3, -0.25) is 9.78 Å². The third-order valence-corrected chi connectivity index (χ3v) is 8.73. The minimum Gasteiger partial charge on any atom is -0.383 e. The van der Waals surface area contributed by atoms with Crippen molar-refractivity contribution in [3.8, 4) is 10.6 Å². The molecule has 2 aliphatic carbocycles. The van der Waals surface area contributed by atoms with E-state index in [1.165, 1.54) is 24.2 Å². The highest BCUT2D eigenvalue weighted by Crippen LogP contribution is 2.44. The van der Waals surface area contributed by atoms with Crippen LogP contribution in [0.3, 0.4) is 0 Å². The molecular weight excluding hydrogens is 520 g/mol. The van der Waals surface area contributed by atoms with Crippen LogP contribution in [0.25, 0.3) is 20.8 Å². The monoisotopic (exact) mass is 550 g/mol. The molecule has 3 N–H and O–H groups in total. The average Bonchev–Trinajstić information content (AvgIpc) is 3.25. The van der Waals surface area contributed by atoms with E-state index in [4.69, 9.17) is 19.7 Å². The van der Waals surface area contributed by atoms with Crippen LogP contribution in [0.1, 0.15) is 49.4 Å². The second-order valence-electron chi connectivity index (χ2n) is 9.79. The van der Waals surface area contributed by atoms with Crippen molar-refractivity contribution in [2.45, 2.75) is 51.0 Å². The quantitative estimate of drug-likeness (QED) is 0.232. The highest BCUT2D eigenvalue weighted by Gasteiger charge is 2.32. The summed E-state index contributed by atoms with van der Waals surface area (Å²) in [6.45, 7) is 3.16. The molecule has 10 nitrogen and oxygen atoms in total. The number of thiazole rings is 2. The fraction of sp³-hybridized carbons (Fsp3) is 0.462. The van der Waals surface area contributed by atoms with E-state index in [1.807, 2.05) is 24.6 Å². The van der Waals surface area contributed by atoms with Crippen molar-refractivity contribution in [1.29, 1.82) is 0 Å². The number of aryl methyl sites for hydroxylation is 1. The van der Waals surface area contributed by atoms with E-state index in [-0.39, 0.29) is 17.9 Å². The maximum absolute atomic E-state index is 12.8. The molecule has 6 rings (SSSR count). The van der Waals surface area contributed by atoms with Crippen LogP contribution in [-0.4, -0.2) is 57.1 Å². The van der Waals surface area contributed by atoms with Gasteiger partial charge in [0.05, 0.1) is 28.3 Å². The van der Waals surface area contributed by atoms with Gasteiger partial charge in [-0.2, -0.15) is 4.98 Å². The molecule has 38 heavy (non-hydrogen) atoms. The molecule has 0 saturated heterocycles. The van der Waals surface area contributed by atoms with E-state index in [2.05, 4.69) is 25.9 Å². The summed E-state index contributed by atoms with van der Waals surface area (Å²) in [6, 6.07) is 2.15. The van der Waals surface area contributed by atoms with Gasteiger partial charge >= 0.3 is 0 Å². The normalized spacial score (nSPS) is 19.1. The highest BCUT2D eigenvalue weighted by molar-refractivity contribution is 7.21. The fourth-order valence-electron chi connectivity index (χ4n) is 4.95. The van der Waals surface area contributed by atoms with Crippen molar-refractivity contribution in [3.05, 3.63) is 35.2 Å². The number of hydrogen-bond acceptors (Lipinski definition) is 11. The van der Waals surface area contributed by atoms with Crippen molar-refractivity contribution < 1.29 is 9.53 Å². The molecule has 2 unspecified atom stereocenters. The minimum atomic E-state index is -0.0725. The number of anilines is 3. The first-order chi connectivity index (χ1) is 18.6. The number of rotatable bonds is 10. The lowest BCUT2D eigenvalue weighted by Crippen LogP contribution is -2.23. The topological polar surface area (TPSA) is 127 Å². The Bertz CT molecular complexity index is 1440. The Morgan fingerprint density at radius 3 is 2.82 bits per heavy atom. The summed E-state index contributed by atoms with van der Waals surface area (Å²) in [5.41, 5.74) is 3.84. The summed E-state index contributed by atoms with van der Waals surface area (Å²) >= 11 is 3.08. The molecule has 2 atom stereocenters. The van der Waals surface area contributed by atoms with Gasteiger partial charge in [0.2, 0.25) is 11.9 Å². The summed E-state index contributed by atoms with van der Waals surface area (Å²) in [5, 5.41) is 13.2. The summed E-state index contributed by atoms with van der Waals surface area (Å²) in [7, 11) is 1.67. The van der Waals surface area contributed by atoms with Crippen molar-refractivity contribution in [2.75, 3.05) is 36.2 Å². The summed E-state index contributed by atoms with van der Waals surface area (Å²) in [4.78, 5) is 36.3. The number of hydrogen-bond donors (Lipinski definition) is 3. The molecule has 0 spiro atoms. The molecule has 4 heterocycles. The predicted octanol–water partition coefficient (Wildman–Crippen LogP) is 5.07. The number of pyridine rings is 1. The number of amides is 1. The molecule has 2 saturated carbocycles. The van der Waals surface area contributed by atoms with Crippen molar-refractivity contribution in [2.24, 2.45) is 5.92 Å². The van der Waals surface area contributed by atoms with E-state index in [0.717, 1.165) is 57.3 Å². The SMILES string of the molecule is COCCNc1nc(C)c(-c2nc3c(C4CC4)nccc3s2)c(NC2CCC(C(=O)Nc3nccs3)C2)n1. The molecule has 198 valence electrons. The van der Waals surface area contributed by atoms with E-state index >= 15 is 0 Å². The number of methoxy groups -OCH3 is 1. The third kappa shape index (κ3) is 5.33. The first-order valence-corrected chi connectivity index (χ1v) is 14.6. The molecule has 0 aliphatic heterocycles. The van der Waals surface area contributed by atoms with Crippen LogP contribution >= 0.6 is 22.7 Å². The standard InChI is InChI=1S/C26H30N8O2S2/c1-14-19(24-32-21-18(38-24)7-8-27-20(21)15-3-4-15)22(33-25(30-14)28-9-11-36-2)31-17-6-5-16(13-17)23(35)34-26-29-10-12-37-26/h7-8,10,12,15-17H,3-6,9,11,13H2,1-2H3,(H,29,34,35)(H2,28,30,31,33). The maximum atomic E-state index is 12.8. The number of nitrogens with zero attached hydrogens (tertiary/aromatic N) is 5. The van der Waals surface area contributed by atoms with Crippen LogP contribution in [0.2, 0.25) is 0 Å². The summed E-state index contributed by atoms with van der Waals surface area (Å²) < 4.78 is 6.31.